The Bertz CT molecular complexity index is 1110. The number of hydrogen-bond donors (Lipinski definition) is 3. The molecule has 0 aliphatic carbocycles. The van der Waals surface area contributed by atoms with E-state index in [2.05, 4.69) is 25.6 Å². The number of anilines is 2. The van der Waals surface area contributed by atoms with Gasteiger partial charge in [-0.1, -0.05) is 0 Å². The first-order chi connectivity index (χ1) is 16.7. The molecule has 2 bridgehead atoms. The van der Waals surface area contributed by atoms with E-state index >= 15 is 0 Å². The highest BCUT2D eigenvalue weighted by Crippen LogP contribution is 2.39. The first-order valence-corrected chi connectivity index (χ1v) is 11.4. The number of nitrogens with two attached hydrogens (primary N) is 1. The number of halogens is 3. The summed E-state index contributed by atoms with van der Waals surface area (Å²) in [6.45, 7) is 0.558. The smallest absolute Gasteiger partial charge is 0.417 e. The van der Waals surface area contributed by atoms with Gasteiger partial charge in [0.15, 0.2) is 0 Å². The van der Waals surface area contributed by atoms with Gasteiger partial charge in [0.2, 0.25) is 17.7 Å². The predicted molar refractivity (Wildman–Crippen MR) is 118 cm³/mol. The minimum atomic E-state index is -4.45. The van der Waals surface area contributed by atoms with Crippen LogP contribution in [0.25, 0.3) is 0 Å². The monoisotopic (exact) mass is 491 g/mol. The average Bonchev–Trinajstić information content (AvgIpc) is 3.33. The molecular weight excluding hydrogens is 467 g/mol. The molecule has 3 saturated heterocycles. The highest BCUT2D eigenvalue weighted by atomic mass is 19.4. The van der Waals surface area contributed by atoms with E-state index < -0.39 is 23.7 Å². The molecule has 3 fully saturated rings. The first-order valence-electron chi connectivity index (χ1n) is 11.4. The summed E-state index contributed by atoms with van der Waals surface area (Å²) in [5, 5.41) is 5.80. The number of primary amides is 1. The molecule has 1 unspecified atom stereocenters. The number of aromatic nitrogens is 3. The summed E-state index contributed by atoms with van der Waals surface area (Å²) in [5.41, 5.74) is 4.71. The number of nitrogens with zero attached hydrogens (tertiary/aromatic N) is 4. The number of ether oxygens (including phenoxy) is 1. The van der Waals surface area contributed by atoms with Crippen molar-refractivity contribution in [3.05, 3.63) is 35.7 Å². The molecule has 4 N–H and O–H groups in total. The highest BCUT2D eigenvalue weighted by molar-refractivity contribution is 5.92. The third kappa shape index (κ3) is 4.80. The maximum atomic E-state index is 12.8. The van der Waals surface area contributed by atoms with Gasteiger partial charge in [-0.25, -0.2) is 9.97 Å². The molecule has 0 aromatic carbocycles. The van der Waals surface area contributed by atoms with Gasteiger partial charge in [-0.3, -0.25) is 9.59 Å². The minimum absolute atomic E-state index is 0.0129. The second kappa shape index (κ2) is 8.86. The van der Waals surface area contributed by atoms with Crippen molar-refractivity contribution in [1.29, 1.82) is 0 Å². The molecule has 10 nitrogen and oxygen atoms in total. The number of nitrogens with one attached hydrogen (secondary N) is 2. The van der Waals surface area contributed by atoms with Crippen LogP contribution in [-0.4, -0.2) is 57.5 Å². The van der Waals surface area contributed by atoms with E-state index in [1.807, 2.05) is 4.90 Å². The largest absolute Gasteiger partial charge is 0.474 e. The molecule has 3 aliphatic heterocycles. The first kappa shape index (κ1) is 23.1. The lowest BCUT2D eigenvalue weighted by molar-refractivity contribution is -0.137. The Kier molecular flexibility index (Phi) is 5.85. The van der Waals surface area contributed by atoms with Crippen molar-refractivity contribution in [1.82, 2.24) is 20.3 Å². The topological polar surface area (TPSA) is 135 Å². The Balaban J connectivity index is 1.32. The average molecular weight is 491 g/mol. The van der Waals surface area contributed by atoms with Crippen molar-refractivity contribution in [2.24, 2.45) is 5.73 Å². The number of carbonyl (C=O) groups is 2. The Labute approximate surface area is 198 Å². The number of rotatable bonds is 6. The number of fused-ring (bicyclic) bond motifs is 2. The lowest BCUT2D eigenvalue weighted by atomic mass is 10.00. The fraction of sp³-hybridized carbons (Fsp3) is 0.500. The summed E-state index contributed by atoms with van der Waals surface area (Å²) in [6, 6.07) is 3.19. The second-order valence-corrected chi connectivity index (χ2v) is 8.97. The number of amides is 2. The molecule has 2 aromatic heterocycles. The van der Waals surface area contributed by atoms with Gasteiger partial charge in [0.1, 0.15) is 23.7 Å². The van der Waals surface area contributed by atoms with Crippen LogP contribution in [0.4, 0.5) is 24.9 Å². The van der Waals surface area contributed by atoms with Gasteiger partial charge in [0.05, 0.1) is 5.56 Å². The van der Waals surface area contributed by atoms with Crippen LogP contribution in [0.3, 0.4) is 0 Å². The van der Waals surface area contributed by atoms with Gasteiger partial charge in [0, 0.05) is 49.8 Å². The lowest BCUT2D eigenvalue weighted by Gasteiger charge is -2.38. The number of hydrogen-bond acceptors (Lipinski definition) is 8. The molecule has 2 amide bonds. The van der Waals surface area contributed by atoms with Gasteiger partial charge in [-0.05, 0) is 25.3 Å². The van der Waals surface area contributed by atoms with E-state index in [0.717, 1.165) is 25.1 Å². The fourth-order valence-electron chi connectivity index (χ4n) is 5.00. The van der Waals surface area contributed by atoms with Crippen molar-refractivity contribution in [2.45, 2.75) is 62.5 Å². The molecule has 186 valence electrons. The van der Waals surface area contributed by atoms with Crippen molar-refractivity contribution in [2.75, 3.05) is 16.8 Å². The summed E-state index contributed by atoms with van der Waals surface area (Å²) < 4.78 is 44.2. The van der Waals surface area contributed by atoms with Crippen molar-refractivity contribution in [3.63, 3.8) is 0 Å². The van der Waals surface area contributed by atoms with Gasteiger partial charge < -0.3 is 26.0 Å². The molecular formula is C22H24F3N7O3. The van der Waals surface area contributed by atoms with E-state index in [0.29, 0.717) is 37.6 Å². The van der Waals surface area contributed by atoms with Crippen LogP contribution >= 0.6 is 0 Å². The third-order valence-electron chi connectivity index (χ3n) is 6.61. The predicted octanol–water partition coefficient (Wildman–Crippen LogP) is 1.87. The zero-order chi connectivity index (χ0) is 24.7. The molecule has 0 radical (unpaired) electrons. The molecule has 5 rings (SSSR count). The molecule has 0 spiro atoms. The zero-order valence-electron chi connectivity index (χ0n) is 18.6. The summed E-state index contributed by atoms with van der Waals surface area (Å²) in [5.74, 6) is -0.00486. The van der Waals surface area contributed by atoms with E-state index in [9.17, 15) is 22.8 Å². The molecule has 5 heterocycles. The molecule has 35 heavy (non-hydrogen) atoms. The molecule has 2 aromatic rings. The molecule has 3 aliphatic rings. The van der Waals surface area contributed by atoms with E-state index in [1.165, 1.54) is 12.1 Å². The zero-order valence-corrected chi connectivity index (χ0v) is 18.6. The minimum Gasteiger partial charge on any atom is -0.474 e. The van der Waals surface area contributed by atoms with Gasteiger partial charge >= 0.3 is 6.18 Å². The fourth-order valence-corrected chi connectivity index (χ4v) is 5.00. The van der Waals surface area contributed by atoms with Crippen LogP contribution in [0, 0.1) is 0 Å². The Morgan fingerprint density at radius 3 is 2.49 bits per heavy atom. The quantitative estimate of drug-likeness (QED) is 0.557. The van der Waals surface area contributed by atoms with Gasteiger partial charge in [0.25, 0.3) is 5.91 Å². The Hall–Kier alpha value is -3.64. The van der Waals surface area contributed by atoms with Gasteiger partial charge in [-0.15, -0.1) is 0 Å². The summed E-state index contributed by atoms with van der Waals surface area (Å²) in [7, 11) is 0. The highest BCUT2D eigenvalue weighted by Gasteiger charge is 2.43. The van der Waals surface area contributed by atoms with Crippen molar-refractivity contribution >= 4 is 23.6 Å². The van der Waals surface area contributed by atoms with Crippen LogP contribution in [0.2, 0.25) is 0 Å². The summed E-state index contributed by atoms with van der Waals surface area (Å²) in [6.07, 6.45) is -0.436. The van der Waals surface area contributed by atoms with Crippen LogP contribution in [0.5, 0.6) is 5.88 Å². The molecule has 13 heteroatoms. The number of carbonyl (C=O) groups excluding carboxylic acids is 2. The maximum absolute atomic E-state index is 12.8. The second-order valence-electron chi connectivity index (χ2n) is 8.97. The van der Waals surface area contributed by atoms with Gasteiger partial charge in [-0.2, -0.15) is 18.2 Å². The Morgan fingerprint density at radius 1 is 1.17 bits per heavy atom. The summed E-state index contributed by atoms with van der Waals surface area (Å²) >= 11 is 0. The van der Waals surface area contributed by atoms with Crippen LogP contribution < -0.4 is 26.0 Å². The van der Waals surface area contributed by atoms with Crippen LogP contribution in [0.1, 0.15) is 48.2 Å². The number of alkyl halides is 3. The van der Waals surface area contributed by atoms with Crippen LogP contribution in [0.15, 0.2) is 24.4 Å². The standard InChI is InChI=1S/C22H24F3N7O3/c23-22(24,25)11-1-4-18(28-10-11)35-14-7-12-2-3-13(8-14)32(12)21-30-16(19(26)33)9-17(31-21)29-15-5-6-27-20(15)34/h1,4,9-10,12-15H,2-3,5-8H2,(H2,26,33)(H,27,34)(H,29,30,31)/t12-,13+,14?,15-/m0/s1. The lowest BCUT2D eigenvalue weighted by Crippen LogP contribution is -2.47. The van der Waals surface area contributed by atoms with Crippen LogP contribution in [-0.2, 0) is 11.0 Å². The van der Waals surface area contributed by atoms with Crippen molar-refractivity contribution < 1.29 is 27.5 Å². The SMILES string of the molecule is NC(=O)c1cc(N[C@H]2CCNC2=O)nc(N2[C@@H]3CC[C@H]2CC(Oc2ccc(C(F)(F)F)cn2)C3)n1. The number of piperidine rings is 1. The number of pyridine rings is 1. The molecule has 0 saturated carbocycles. The normalized spacial score (nSPS) is 25.9. The maximum Gasteiger partial charge on any atom is 0.417 e. The van der Waals surface area contributed by atoms with E-state index in [1.54, 1.807) is 0 Å². The van der Waals surface area contributed by atoms with E-state index in [-0.39, 0.29) is 35.7 Å². The molecule has 4 atom stereocenters. The summed E-state index contributed by atoms with van der Waals surface area (Å²) in [4.78, 5) is 38.7. The third-order valence-corrected chi connectivity index (χ3v) is 6.61. The Morgan fingerprint density at radius 2 is 1.91 bits per heavy atom. The van der Waals surface area contributed by atoms with Crippen molar-refractivity contribution in [3.8, 4) is 5.88 Å². The van der Waals surface area contributed by atoms with E-state index in [4.69, 9.17) is 10.5 Å².